The van der Waals surface area contributed by atoms with Gasteiger partial charge in [-0.2, -0.15) is 0 Å². The summed E-state index contributed by atoms with van der Waals surface area (Å²) in [5.74, 6) is -0.273. The summed E-state index contributed by atoms with van der Waals surface area (Å²) < 4.78 is 12.5. The Kier molecular flexibility index (Phi) is 5.70. The molecule has 0 aliphatic carbocycles. The molecule has 138 valence electrons. The number of aliphatic hydroxyl groups is 1. The average molecular weight is 358 g/mol. The number of methoxy groups -OCH3 is 1. The molecular weight excluding hydrogens is 336 g/mol. The molecule has 1 aliphatic heterocycles. The van der Waals surface area contributed by atoms with Crippen molar-refractivity contribution in [2.24, 2.45) is 0 Å². The standard InChI is InChI=1S/C19H22N2O5/c1-25-10-9-20-7-8-21-11-15(12-22)17(23)18(16(21)19(20)24)26-13-14-5-3-2-4-6-14/h2-6,11,22H,7-10,12-13H2,1H3. The van der Waals surface area contributed by atoms with E-state index < -0.39 is 12.0 Å². The molecule has 1 aromatic heterocycles. The Morgan fingerprint density at radius 3 is 2.62 bits per heavy atom. The first-order valence-electron chi connectivity index (χ1n) is 8.47. The number of hydrogen-bond donors (Lipinski definition) is 1. The van der Waals surface area contributed by atoms with E-state index in [1.807, 2.05) is 30.3 Å². The SMILES string of the molecule is COCCN1CCn2cc(CO)c(=O)c(OCc3ccccc3)c2C1=O. The lowest BCUT2D eigenvalue weighted by Gasteiger charge is -2.31. The molecule has 26 heavy (non-hydrogen) atoms. The van der Waals surface area contributed by atoms with Crippen molar-refractivity contribution in [3.8, 4) is 5.75 Å². The van der Waals surface area contributed by atoms with Gasteiger partial charge in [0.05, 0.1) is 13.2 Å². The molecule has 3 rings (SSSR count). The number of nitrogens with zero attached hydrogens (tertiary/aromatic N) is 2. The molecule has 0 bridgehead atoms. The topological polar surface area (TPSA) is 81.0 Å². The van der Waals surface area contributed by atoms with E-state index in [4.69, 9.17) is 9.47 Å². The molecule has 2 heterocycles. The third kappa shape index (κ3) is 3.63. The van der Waals surface area contributed by atoms with Crippen molar-refractivity contribution >= 4 is 5.91 Å². The number of benzene rings is 1. The van der Waals surface area contributed by atoms with E-state index in [0.717, 1.165) is 5.56 Å². The van der Waals surface area contributed by atoms with E-state index in [1.165, 1.54) is 0 Å². The Balaban J connectivity index is 1.96. The van der Waals surface area contributed by atoms with Crippen LogP contribution < -0.4 is 10.2 Å². The maximum atomic E-state index is 12.9. The van der Waals surface area contributed by atoms with E-state index in [-0.39, 0.29) is 29.5 Å². The third-order valence-corrected chi connectivity index (χ3v) is 4.37. The molecule has 0 unspecified atom stereocenters. The first-order valence-corrected chi connectivity index (χ1v) is 8.47. The fourth-order valence-electron chi connectivity index (χ4n) is 2.96. The lowest BCUT2D eigenvalue weighted by Crippen LogP contribution is -2.43. The van der Waals surface area contributed by atoms with Crippen LogP contribution in [0.4, 0.5) is 0 Å². The number of fused-ring (bicyclic) bond motifs is 1. The molecule has 1 aromatic carbocycles. The van der Waals surface area contributed by atoms with Crippen molar-refractivity contribution in [2.75, 3.05) is 26.8 Å². The summed E-state index contributed by atoms with van der Waals surface area (Å²) in [5, 5.41) is 9.48. The minimum Gasteiger partial charge on any atom is -0.483 e. The van der Waals surface area contributed by atoms with Gasteiger partial charge >= 0.3 is 0 Å². The van der Waals surface area contributed by atoms with Crippen LogP contribution in [0.3, 0.4) is 0 Å². The number of hydrogen-bond acceptors (Lipinski definition) is 5. The van der Waals surface area contributed by atoms with Gasteiger partial charge in [0, 0.05) is 38.5 Å². The second-order valence-electron chi connectivity index (χ2n) is 6.07. The van der Waals surface area contributed by atoms with Crippen LogP contribution in [0.15, 0.2) is 41.3 Å². The molecular formula is C19H22N2O5. The van der Waals surface area contributed by atoms with Crippen LogP contribution >= 0.6 is 0 Å². The Morgan fingerprint density at radius 2 is 1.92 bits per heavy atom. The smallest absolute Gasteiger partial charge is 0.274 e. The van der Waals surface area contributed by atoms with E-state index >= 15 is 0 Å². The van der Waals surface area contributed by atoms with Gasteiger partial charge in [0.2, 0.25) is 5.43 Å². The number of rotatable bonds is 7. The monoisotopic (exact) mass is 358 g/mol. The number of carbonyl (C=O) groups is 1. The Morgan fingerprint density at radius 1 is 1.15 bits per heavy atom. The number of pyridine rings is 1. The van der Waals surface area contributed by atoms with Gasteiger partial charge < -0.3 is 24.0 Å². The minimum atomic E-state index is -0.448. The highest BCUT2D eigenvalue weighted by Crippen LogP contribution is 2.22. The maximum Gasteiger partial charge on any atom is 0.274 e. The molecule has 0 saturated carbocycles. The number of ether oxygens (including phenoxy) is 2. The predicted octanol–water partition coefficient (Wildman–Crippen LogP) is 1.02. The number of amides is 1. The second-order valence-corrected chi connectivity index (χ2v) is 6.07. The van der Waals surface area contributed by atoms with E-state index in [9.17, 15) is 14.7 Å². The average Bonchev–Trinajstić information content (AvgIpc) is 2.67. The number of aliphatic hydroxyl groups excluding tert-OH is 1. The van der Waals surface area contributed by atoms with Crippen LogP contribution in [0.2, 0.25) is 0 Å². The summed E-state index contributed by atoms with van der Waals surface area (Å²) in [6, 6.07) is 9.41. The normalized spacial score (nSPS) is 13.6. The highest BCUT2D eigenvalue weighted by molar-refractivity contribution is 5.96. The van der Waals surface area contributed by atoms with Crippen LogP contribution in [-0.4, -0.2) is 47.3 Å². The zero-order valence-corrected chi connectivity index (χ0v) is 14.7. The quantitative estimate of drug-likeness (QED) is 0.799. The van der Waals surface area contributed by atoms with Crippen molar-refractivity contribution in [3.63, 3.8) is 0 Å². The first kappa shape index (κ1) is 18.2. The van der Waals surface area contributed by atoms with E-state index in [1.54, 1.807) is 22.8 Å². The number of aromatic nitrogens is 1. The summed E-state index contributed by atoms with van der Waals surface area (Å²) in [5.41, 5.74) is 0.886. The Labute approximate surface area is 151 Å². The molecule has 1 amide bonds. The van der Waals surface area contributed by atoms with Gasteiger partial charge in [0.1, 0.15) is 6.61 Å². The molecule has 0 spiro atoms. The fraction of sp³-hybridized carbons (Fsp3) is 0.368. The maximum absolute atomic E-state index is 12.9. The summed E-state index contributed by atoms with van der Waals surface area (Å²) in [6.45, 7) is 1.68. The van der Waals surface area contributed by atoms with Gasteiger partial charge in [-0.15, -0.1) is 0 Å². The second kappa shape index (κ2) is 8.16. The zero-order chi connectivity index (χ0) is 18.5. The molecule has 7 heteroatoms. The Bertz CT molecular complexity index is 832. The lowest BCUT2D eigenvalue weighted by molar-refractivity contribution is 0.0630. The molecule has 1 aliphatic rings. The molecule has 0 atom stereocenters. The molecule has 7 nitrogen and oxygen atoms in total. The van der Waals surface area contributed by atoms with Crippen molar-refractivity contribution < 1.29 is 19.4 Å². The van der Waals surface area contributed by atoms with Gasteiger partial charge in [0.25, 0.3) is 5.91 Å². The third-order valence-electron chi connectivity index (χ3n) is 4.37. The van der Waals surface area contributed by atoms with Gasteiger partial charge in [-0.1, -0.05) is 30.3 Å². The lowest BCUT2D eigenvalue weighted by atomic mass is 10.1. The summed E-state index contributed by atoms with van der Waals surface area (Å²) in [6.07, 6.45) is 1.54. The van der Waals surface area contributed by atoms with E-state index in [0.29, 0.717) is 26.2 Å². The predicted molar refractivity (Wildman–Crippen MR) is 95.2 cm³/mol. The largest absolute Gasteiger partial charge is 0.483 e. The zero-order valence-electron chi connectivity index (χ0n) is 14.7. The van der Waals surface area contributed by atoms with Gasteiger partial charge in [-0.05, 0) is 5.56 Å². The van der Waals surface area contributed by atoms with Crippen LogP contribution in [0.5, 0.6) is 5.75 Å². The van der Waals surface area contributed by atoms with Gasteiger partial charge in [-0.3, -0.25) is 9.59 Å². The highest BCUT2D eigenvalue weighted by Gasteiger charge is 2.30. The van der Waals surface area contributed by atoms with Crippen LogP contribution in [0.25, 0.3) is 0 Å². The van der Waals surface area contributed by atoms with Crippen molar-refractivity contribution in [1.82, 2.24) is 9.47 Å². The van der Waals surface area contributed by atoms with Crippen molar-refractivity contribution in [2.45, 2.75) is 19.8 Å². The number of carbonyl (C=O) groups excluding carboxylic acids is 1. The highest BCUT2D eigenvalue weighted by atomic mass is 16.5. The summed E-state index contributed by atoms with van der Waals surface area (Å²) >= 11 is 0. The van der Waals surface area contributed by atoms with Crippen LogP contribution in [0.1, 0.15) is 21.6 Å². The van der Waals surface area contributed by atoms with Crippen LogP contribution in [-0.2, 0) is 24.5 Å². The molecule has 0 radical (unpaired) electrons. The fourth-order valence-corrected chi connectivity index (χ4v) is 2.96. The van der Waals surface area contributed by atoms with Crippen molar-refractivity contribution in [1.29, 1.82) is 0 Å². The molecule has 0 saturated heterocycles. The Hall–Kier alpha value is -2.64. The van der Waals surface area contributed by atoms with Gasteiger partial charge in [-0.25, -0.2) is 0 Å². The summed E-state index contributed by atoms with van der Waals surface area (Å²) in [7, 11) is 1.58. The molecule has 0 fully saturated rings. The first-order chi connectivity index (χ1) is 12.7. The van der Waals surface area contributed by atoms with E-state index in [2.05, 4.69) is 0 Å². The summed E-state index contributed by atoms with van der Waals surface area (Å²) in [4.78, 5) is 27.2. The van der Waals surface area contributed by atoms with Crippen LogP contribution in [0, 0.1) is 0 Å². The minimum absolute atomic E-state index is 0.00693. The molecule has 2 aromatic rings. The van der Waals surface area contributed by atoms with Gasteiger partial charge in [0.15, 0.2) is 11.4 Å². The molecule has 1 N–H and O–H groups in total. The van der Waals surface area contributed by atoms with Crippen molar-refractivity contribution in [3.05, 3.63) is 63.6 Å².